The van der Waals surface area contributed by atoms with Crippen molar-refractivity contribution in [2.75, 3.05) is 0 Å². The Balaban J connectivity index is 1.26. The van der Waals surface area contributed by atoms with Gasteiger partial charge in [0.15, 0.2) is 0 Å². The molecule has 1 aliphatic rings. The summed E-state index contributed by atoms with van der Waals surface area (Å²) in [7, 11) is 0. The SMILES string of the molecule is CC1(C)c2cc(-c3ccc4ccccc4c3-c3ccc4ccc5cccc6ccc3c4c56)ccc2-c2cc3ccccc3cc21. The topological polar surface area (TPSA) is 0 Å². The van der Waals surface area contributed by atoms with Crippen LogP contribution >= 0.6 is 0 Å². The van der Waals surface area contributed by atoms with Crippen LogP contribution < -0.4 is 0 Å². The number of hydrogen-bond acceptors (Lipinski definition) is 0. The Morgan fingerprint density at radius 2 is 0.933 bits per heavy atom. The normalized spacial score (nSPS) is 13.7. The maximum atomic E-state index is 2.48. The van der Waals surface area contributed by atoms with Gasteiger partial charge < -0.3 is 0 Å². The van der Waals surface area contributed by atoms with E-state index in [0.29, 0.717) is 0 Å². The summed E-state index contributed by atoms with van der Waals surface area (Å²) in [6, 6.07) is 54.8. The van der Waals surface area contributed by atoms with Crippen molar-refractivity contribution in [2.45, 2.75) is 19.3 Å². The van der Waals surface area contributed by atoms with Crippen molar-refractivity contribution in [1.29, 1.82) is 0 Å². The molecule has 210 valence electrons. The zero-order valence-electron chi connectivity index (χ0n) is 25.4. The van der Waals surface area contributed by atoms with Gasteiger partial charge in [-0.3, -0.25) is 0 Å². The van der Waals surface area contributed by atoms with Crippen LogP contribution in [0.4, 0.5) is 0 Å². The molecule has 45 heavy (non-hydrogen) atoms. The molecule has 0 nitrogen and oxygen atoms in total. The summed E-state index contributed by atoms with van der Waals surface area (Å²) < 4.78 is 0. The lowest BCUT2D eigenvalue weighted by atomic mass is 9.80. The zero-order chi connectivity index (χ0) is 29.9. The van der Waals surface area contributed by atoms with E-state index in [1.54, 1.807) is 0 Å². The Kier molecular flexibility index (Phi) is 4.88. The lowest BCUT2D eigenvalue weighted by Crippen LogP contribution is -2.15. The maximum Gasteiger partial charge on any atom is 0.0159 e. The second-order valence-electron chi connectivity index (χ2n) is 13.3. The predicted octanol–water partition coefficient (Wildman–Crippen LogP) is 12.5. The van der Waals surface area contributed by atoms with E-state index in [1.807, 2.05) is 0 Å². The molecule has 0 unspecified atom stereocenters. The maximum absolute atomic E-state index is 2.48. The molecule has 0 radical (unpaired) electrons. The first kappa shape index (κ1) is 24.9. The van der Waals surface area contributed by atoms with Gasteiger partial charge in [-0.1, -0.05) is 141 Å². The summed E-state index contributed by atoms with van der Waals surface area (Å²) in [5.41, 5.74) is 10.6. The first-order valence-corrected chi connectivity index (χ1v) is 15.9. The van der Waals surface area contributed by atoms with Crippen molar-refractivity contribution in [3.63, 3.8) is 0 Å². The van der Waals surface area contributed by atoms with Crippen molar-refractivity contribution in [1.82, 2.24) is 0 Å². The van der Waals surface area contributed by atoms with Gasteiger partial charge in [0, 0.05) is 5.41 Å². The van der Waals surface area contributed by atoms with Crippen LogP contribution in [-0.4, -0.2) is 0 Å². The Morgan fingerprint density at radius 3 is 1.76 bits per heavy atom. The summed E-state index contributed by atoms with van der Waals surface area (Å²) in [5, 5.41) is 13.1. The molecule has 0 bridgehead atoms. The fourth-order valence-electron chi connectivity index (χ4n) is 8.34. The Hall–Kier alpha value is -5.46. The number of fused-ring (bicyclic) bond motifs is 5. The summed E-state index contributed by atoms with van der Waals surface area (Å²) in [6.07, 6.45) is 0. The number of rotatable bonds is 2. The highest BCUT2D eigenvalue weighted by Gasteiger charge is 2.36. The minimum Gasteiger partial charge on any atom is -0.0616 e. The lowest BCUT2D eigenvalue weighted by Gasteiger charge is -2.23. The fourth-order valence-corrected chi connectivity index (χ4v) is 8.34. The van der Waals surface area contributed by atoms with E-state index >= 15 is 0 Å². The monoisotopic (exact) mass is 570 g/mol. The average molecular weight is 571 g/mol. The molecule has 10 rings (SSSR count). The largest absolute Gasteiger partial charge is 0.0616 e. The Morgan fingerprint density at radius 1 is 0.356 bits per heavy atom. The van der Waals surface area contributed by atoms with E-state index in [2.05, 4.69) is 159 Å². The van der Waals surface area contributed by atoms with Gasteiger partial charge in [0.25, 0.3) is 0 Å². The third kappa shape index (κ3) is 3.37. The average Bonchev–Trinajstić information content (AvgIpc) is 3.30. The molecule has 0 atom stereocenters. The van der Waals surface area contributed by atoms with Crippen LogP contribution in [0.25, 0.3) is 87.2 Å². The number of hydrogen-bond donors (Lipinski definition) is 0. The molecule has 9 aromatic rings. The minimum absolute atomic E-state index is 0.0886. The fraction of sp³-hybridized carbons (Fsp3) is 0.0667. The Labute approximate surface area is 262 Å². The van der Waals surface area contributed by atoms with E-state index < -0.39 is 0 Å². The van der Waals surface area contributed by atoms with E-state index in [4.69, 9.17) is 0 Å². The molecule has 0 heterocycles. The smallest absolute Gasteiger partial charge is 0.0159 e. The van der Waals surface area contributed by atoms with Crippen LogP contribution in [0.5, 0.6) is 0 Å². The lowest BCUT2D eigenvalue weighted by molar-refractivity contribution is 0.661. The summed E-state index contributed by atoms with van der Waals surface area (Å²) in [6.45, 7) is 4.77. The van der Waals surface area contributed by atoms with Crippen molar-refractivity contribution < 1.29 is 0 Å². The predicted molar refractivity (Wildman–Crippen MR) is 194 cm³/mol. The van der Waals surface area contributed by atoms with Crippen LogP contribution in [-0.2, 0) is 5.41 Å². The van der Waals surface area contributed by atoms with Crippen LogP contribution in [0.1, 0.15) is 25.0 Å². The van der Waals surface area contributed by atoms with Crippen LogP contribution in [0.2, 0.25) is 0 Å². The van der Waals surface area contributed by atoms with Crippen LogP contribution in [0.3, 0.4) is 0 Å². The Bertz CT molecular complexity index is 2650. The van der Waals surface area contributed by atoms with Crippen molar-refractivity contribution in [2.24, 2.45) is 0 Å². The van der Waals surface area contributed by atoms with Gasteiger partial charge in [-0.15, -0.1) is 0 Å². The van der Waals surface area contributed by atoms with E-state index in [9.17, 15) is 0 Å². The van der Waals surface area contributed by atoms with Gasteiger partial charge in [-0.2, -0.15) is 0 Å². The zero-order valence-corrected chi connectivity index (χ0v) is 25.4. The van der Waals surface area contributed by atoms with Gasteiger partial charge in [-0.05, 0) is 117 Å². The molecule has 0 spiro atoms. The van der Waals surface area contributed by atoms with Gasteiger partial charge in [0.05, 0.1) is 0 Å². The van der Waals surface area contributed by atoms with Crippen molar-refractivity contribution in [3.8, 4) is 33.4 Å². The second-order valence-corrected chi connectivity index (χ2v) is 13.3. The van der Waals surface area contributed by atoms with E-state index in [-0.39, 0.29) is 5.41 Å². The van der Waals surface area contributed by atoms with E-state index in [0.717, 1.165) is 0 Å². The van der Waals surface area contributed by atoms with Crippen LogP contribution in [0, 0.1) is 0 Å². The molecule has 0 saturated carbocycles. The molecule has 0 fully saturated rings. The van der Waals surface area contributed by atoms with Crippen molar-refractivity contribution in [3.05, 3.63) is 157 Å². The molecule has 1 aliphatic carbocycles. The molecule has 0 N–H and O–H groups in total. The summed E-state index contributed by atoms with van der Waals surface area (Å²) >= 11 is 0. The third-order valence-corrected chi connectivity index (χ3v) is 10.6. The number of benzene rings is 9. The molecule has 9 aromatic carbocycles. The third-order valence-electron chi connectivity index (χ3n) is 10.6. The van der Waals surface area contributed by atoms with Gasteiger partial charge in [0.2, 0.25) is 0 Å². The first-order chi connectivity index (χ1) is 22.1. The molecular weight excluding hydrogens is 540 g/mol. The summed E-state index contributed by atoms with van der Waals surface area (Å²) in [4.78, 5) is 0. The highest BCUT2D eigenvalue weighted by molar-refractivity contribution is 6.26. The summed E-state index contributed by atoms with van der Waals surface area (Å²) in [5.74, 6) is 0. The molecule has 0 heteroatoms. The van der Waals surface area contributed by atoms with Gasteiger partial charge >= 0.3 is 0 Å². The second kappa shape index (κ2) is 8.80. The van der Waals surface area contributed by atoms with Gasteiger partial charge in [-0.25, -0.2) is 0 Å². The van der Waals surface area contributed by atoms with Gasteiger partial charge in [0.1, 0.15) is 0 Å². The van der Waals surface area contributed by atoms with E-state index in [1.165, 1.54) is 98.4 Å². The first-order valence-electron chi connectivity index (χ1n) is 15.9. The molecule has 0 aromatic heterocycles. The minimum atomic E-state index is -0.0886. The van der Waals surface area contributed by atoms with Crippen LogP contribution in [0.15, 0.2) is 146 Å². The quantitative estimate of drug-likeness (QED) is 0.181. The standard InChI is InChI=1S/C45H30/c1-45(2)40-26-33(19-21-36(40)39-24-31-9-3-4-10-32(31)25-41(39)45)35-20-16-27-8-5-6-13-34(27)44(35)38-23-18-30-15-14-28-11-7-12-29-17-22-37(38)43(30)42(28)29/h3-26H,1-2H3. The molecule has 0 amide bonds. The van der Waals surface area contributed by atoms with Crippen molar-refractivity contribution >= 4 is 53.9 Å². The molecule has 0 saturated heterocycles. The highest BCUT2D eigenvalue weighted by Crippen LogP contribution is 2.52. The molecule has 0 aliphatic heterocycles. The molecular formula is C45H30. The highest BCUT2D eigenvalue weighted by atomic mass is 14.4.